The minimum absolute atomic E-state index is 0.0755. The van der Waals surface area contributed by atoms with Gasteiger partial charge in [0.05, 0.1) is 0 Å². The molecule has 1 atom stereocenters. The predicted molar refractivity (Wildman–Crippen MR) is 48.1 cm³/mol. The molecule has 4 N–H and O–H groups in total. The van der Waals surface area contributed by atoms with Gasteiger partial charge < -0.3 is 16.2 Å². The Kier molecular flexibility index (Phi) is 3.87. The molecule has 1 unspecified atom stereocenters. The summed E-state index contributed by atoms with van der Waals surface area (Å²) in [5.41, 5.74) is 5.00. The van der Waals surface area contributed by atoms with Gasteiger partial charge in [0.1, 0.15) is 0 Å². The largest absolute Gasteiger partial charge is 0.480 e. The Labute approximate surface area is 77.3 Å². The fraction of sp³-hybridized carbons (Fsp3) is 0.750. The lowest BCUT2D eigenvalue weighted by Crippen LogP contribution is -2.47. The van der Waals surface area contributed by atoms with Crippen LogP contribution in [0.3, 0.4) is 0 Å². The third-order valence-electron chi connectivity index (χ3n) is 1.34. The van der Waals surface area contributed by atoms with Crippen molar-refractivity contribution >= 4 is 11.9 Å². The van der Waals surface area contributed by atoms with Crippen LogP contribution in [0.5, 0.6) is 0 Å². The monoisotopic (exact) mass is 188 g/mol. The standard InChI is InChI=1S/C8H16N2O3/c1-8(2,3)4-10-6(11)5(9)7(12)13/h5H,4,9H2,1-3H3,(H,10,11)(H,12,13). The molecule has 0 aliphatic carbocycles. The number of carboxylic acids is 1. The van der Waals surface area contributed by atoms with Crippen molar-refractivity contribution in [3.8, 4) is 0 Å². The van der Waals surface area contributed by atoms with Gasteiger partial charge in [-0.25, -0.2) is 4.79 Å². The average molecular weight is 188 g/mol. The van der Waals surface area contributed by atoms with Crippen molar-refractivity contribution in [2.24, 2.45) is 11.1 Å². The van der Waals surface area contributed by atoms with Crippen LogP contribution in [0.2, 0.25) is 0 Å². The molecule has 0 radical (unpaired) electrons. The van der Waals surface area contributed by atoms with Gasteiger partial charge in [-0.05, 0) is 5.41 Å². The number of hydrogen-bond donors (Lipinski definition) is 3. The molecule has 0 aromatic carbocycles. The van der Waals surface area contributed by atoms with Crippen LogP contribution in [0.15, 0.2) is 0 Å². The minimum Gasteiger partial charge on any atom is -0.480 e. The lowest BCUT2D eigenvalue weighted by atomic mass is 9.97. The molecule has 0 bridgehead atoms. The maximum atomic E-state index is 11.0. The smallest absolute Gasteiger partial charge is 0.330 e. The molecule has 0 aromatic rings. The summed E-state index contributed by atoms with van der Waals surface area (Å²) in [4.78, 5) is 21.3. The SMILES string of the molecule is CC(C)(C)CNC(=O)C(N)C(=O)O. The first-order chi connectivity index (χ1) is 5.74. The first-order valence-electron chi connectivity index (χ1n) is 4.00. The van der Waals surface area contributed by atoms with Crippen molar-refractivity contribution in [3.05, 3.63) is 0 Å². The quantitative estimate of drug-likeness (QED) is 0.523. The molecule has 5 nitrogen and oxygen atoms in total. The van der Waals surface area contributed by atoms with Crippen LogP contribution in [-0.2, 0) is 9.59 Å². The summed E-state index contributed by atoms with van der Waals surface area (Å²) in [6.07, 6.45) is 0. The van der Waals surface area contributed by atoms with Gasteiger partial charge >= 0.3 is 5.97 Å². The molecular formula is C8H16N2O3. The molecule has 0 saturated carbocycles. The number of amides is 1. The van der Waals surface area contributed by atoms with E-state index in [2.05, 4.69) is 5.32 Å². The van der Waals surface area contributed by atoms with Gasteiger partial charge in [-0.2, -0.15) is 0 Å². The van der Waals surface area contributed by atoms with Crippen molar-refractivity contribution in [2.75, 3.05) is 6.54 Å². The number of carboxylic acid groups (broad SMARTS) is 1. The van der Waals surface area contributed by atoms with E-state index in [1.165, 1.54) is 0 Å². The van der Waals surface area contributed by atoms with Gasteiger partial charge in [-0.15, -0.1) is 0 Å². The van der Waals surface area contributed by atoms with Crippen LogP contribution in [0, 0.1) is 5.41 Å². The maximum absolute atomic E-state index is 11.0. The Morgan fingerprint density at radius 2 is 1.92 bits per heavy atom. The lowest BCUT2D eigenvalue weighted by molar-refractivity contribution is -0.142. The highest BCUT2D eigenvalue weighted by Crippen LogP contribution is 2.09. The Balaban J connectivity index is 3.96. The van der Waals surface area contributed by atoms with Crippen molar-refractivity contribution in [2.45, 2.75) is 26.8 Å². The normalized spacial score (nSPS) is 13.5. The zero-order valence-electron chi connectivity index (χ0n) is 8.13. The minimum atomic E-state index is -1.47. The van der Waals surface area contributed by atoms with E-state index in [9.17, 15) is 9.59 Å². The molecule has 1 amide bonds. The van der Waals surface area contributed by atoms with Crippen LogP contribution >= 0.6 is 0 Å². The number of nitrogens with one attached hydrogen (secondary N) is 1. The Morgan fingerprint density at radius 3 is 2.23 bits per heavy atom. The van der Waals surface area contributed by atoms with Crippen LogP contribution in [0.1, 0.15) is 20.8 Å². The Bertz CT molecular complexity index is 208. The maximum Gasteiger partial charge on any atom is 0.330 e. The zero-order chi connectivity index (χ0) is 10.6. The number of rotatable bonds is 3. The van der Waals surface area contributed by atoms with Crippen molar-refractivity contribution in [1.29, 1.82) is 0 Å². The summed E-state index contributed by atoms with van der Waals surface area (Å²) in [5.74, 6) is -1.96. The Hall–Kier alpha value is -1.10. The average Bonchev–Trinajstić information content (AvgIpc) is 1.97. The molecule has 0 rings (SSSR count). The summed E-state index contributed by atoms with van der Waals surface area (Å²) in [6, 6.07) is -1.47. The van der Waals surface area contributed by atoms with E-state index in [0.717, 1.165) is 0 Å². The molecule has 0 aliphatic rings. The second-order valence-electron chi connectivity index (χ2n) is 4.09. The summed E-state index contributed by atoms with van der Waals surface area (Å²) in [6.45, 7) is 6.20. The topological polar surface area (TPSA) is 92.4 Å². The van der Waals surface area contributed by atoms with E-state index in [1.54, 1.807) is 0 Å². The van der Waals surface area contributed by atoms with Crippen LogP contribution < -0.4 is 11.1 Å². The van der Waals surface area contributed by atoms with E-state index in [0.29, 0.717) is 6.54 Å². The molecule has 0 saturated heterocycles. The van der Waals surface area contributed by atoms with Gasteiger partial charge in [-0.1, -0.05) is 20.8 Å². The van der Waals surface area contributed by atoms with Gasteiger partial charge in [0, 0.05) is 6.54 Å². The molecule has 0 heterocycles. The molecule has 13 heavy (non-hydrogen) atoms. The number of nitrogens with two attached hydrogens (primary N) is 1. The van der Waals surface area contributed by atoms with E-state index in [-0.39, 0.29) is 5.41 Å². The molecule has 0 aliphatic heterocycles. The van der Waals surface area contributed by atoms with Crippen LogP contribution in [0.25, 0.3) is 0 Å². The summed E-state index contributed by atoms with van der Waals surface area (Å²) in [5, 5.41) is 10.9. The van der Waals surface area contributed by atoms with Crippen molar-refractivity contribution in [3.63, 3.8) is 0 Å². The van der Waals surface area contributed by atoms with Crippen molar-refractivity contribution < 1.29 is 14.7 Å². The highest BCUT2D eigenvalue weighted by molar-refractivity contribution is 6.00. The van der Waals surface area contributed by atoms with E-state index < -0.39 is 17.9 Å². The molecule has 0 fully saturated rings. The molecule has 0 aromatic heterocycles. The van der Waals surface area contributed by atoms with E-state index >= 15 is 0 Å². The predicted octanol–water partition coefficient (Wildman–Crippen LogP) is -0.439. The van der Waals surface area contributed by atoms with Crippen LogP contribution in [-0.4, -0.2) is 29.6 Å². The fourth-order valence-corrected chi connectivity index (χ4v) is 0.574. The molecule has 5 heteroatoms. The van der Waals surface area contributed by atoms with Gasteiger partial charge in [0.2, 0.25) is 5.91 Å². The number of aliphatic carboxylic acids is 1. The molecule has 76 valence electrons. The third-order valence-corrected chi connectivity index (χ3v) is 1.34. The first-order valence-corrected chi connectivity index (χ1v) is 4.00. The van der Waals surface area contributed by atoms with Crippen LogP contribution in [0.4, 0.5) is 0 Å². The summed E-state index contributed by atoms with van der Waals surface area (Å²) >= 11 is 0. The lowest BCUT2D eigenvalue weighted by Gasteiger charge is -2.19. The molecular weight excluding hydrogens is 172 g/mol. The fourth-order valence-electron chi connectivity index (χ4n) is 0.574. The van der Waals surface area contributed by atoms with E-state index in [1.807, 2.05) is 20.8 Å². The zero-order valence-corrected chi connectivity index (χ0v) is 8.13. The summed E-state index contributed by atoms with van der Waals surface area (Å²) in [7, 11) is 0. The number of carbonyl (C=O) groups is 2. The summed E-state index contributed by atoms with van der Waals surface area (Å²) < 4.78 is 0. The highest BCUT2D eigenvalue weighted by Gasteiger charge is 2.22. The third kappa shape index (κ3) is 5.19. The number of carbonyl (C=O) groups excluding carboxylic acids is 1. The van der Waals surface area contributed by atoms with E-state index in [4.69, 9.17) is 10.8 Å². The molecule has 0 spiro atoms. The highest BCUT2D eigenvalue weighted by atomic mass is 16.4. The van der Waals surface area contributed by atoms with Gasteiger partial charge in [-0.3, -0.25) is 4.79 Å². The first kappa shape index (κ1) is 11.9. The van der Waals surface area contributed by atoms with Crippen molar-refractivity contribution in [1.82, 2.24) is 5.32 Å². The Morgan fingerprint density at radius 1 is 1.46 bits per heavy atom. The second kappa shape index (κ2) is 4.23. The van der Waals surface area contributed by atoms with Gasteiger partial charge in [0.25, 0.3) is 0 Å². The van der Waals surface area contributed by atoms with Gasteiger partial charge in [0.15, 0.2) is 6.04 Å². The number of hydrogen-bond acceptors (Lipinski definition) is 3. The second-order valence-corrected chi connectivity index (χ2v) is 4.09.